The summed E-state index contributed by atoms with van der Waals surface area (Å²) >= 11 is 1.35. The number of anilines is 1. The van der Waals surface area contributed by atoms with E-state index in [1.807, 2.05) is 45.0 Å². The lowest BCUT2D eigenvalue weighted by molar-refractivity contribution is -0.124. The van der Waals surface area contributed by atoms with Crippen LogP contribution >= 0.6 is 11.3 Å². The van der Waals surface area contributed by atoms with Gasteiger partial charge in [-0.25, -0.2) is 9.78 Å². The lowest BCUT2D eigenvalue weighted by Crippen LogP contribution is -2.55. The van der Waals surface area contributed by atoms with Gasteiger partial charge in [0.1, 0.15) is 6.54 Å². The average Bonchev–Trinajstić information content (AvgIpc) is 3.16. The highest BCUT2D eigenvalue weighted by Crippen LogP contribution is 2.39. The fourth-order valence-corrected chi connectivity index (χ4v) is 4.69. The summed E-state index contributed by atoms with van der Waals surface area (Å²) in [4.78, 5) is 36.1. The van der Waals surface area contributed by atoms with Crippen molar-refractivity contribution in [3.05, 3.63) is 53.3 Å². The maximum Gasteiger partial charge on any atom is 0.324 e. The highest BCUT2D eigenvalue weighted by atomic mass is 32.1. The quantitative estimate of drug-likeness (QED) is 0.637. The van der Waals surface area contributed by atoms with Crippen LogP contribution in [-0.4, -0.2) is 45.9 Å². The van der Waals surface area contributed by atoms with E-state index in [0.717, 1.165) is 27.4 Å². The standard InChI is InChI=1S/C23H22N6O2S/c1-13-7-18(8-14(2)25-13)21-20(17-6-4-5-16(9-17)10-24)27-22(32-21)28-23(31)29-11-15(3)26-19(30)12-29/h4-9,15H,11-12H2,1-3H3,(H,26,30)(H,27,28,31). The molecule has 0 radical (unpaired) electrons. The number of piperazine rings is 1. The van der Waals surface area contributed by atoms with Gasteiger partial charge in [-0.2, -0.15) is 5.26 Å². The Bertz CT molecular complexity index is 1230. The Morgan fingerprint density at radius 3 is 2.66 bits per heavy atom. The molecule has 3 amide bonds. The van der Waals surface area contributed by atoms with E-state index in [2.05, 4.69) is 21.7 Å². The smallest absolute Gasteiger partial charge is 0.324 e. The second kappa shape index (κ2) is 8.77. The third-order valence-corrected chi connectivity index (χ3v) is 5.99. The molecule has 2 N–H and O–H groups in total. The summed E-state index contributed by atoms with van der Waals surface area (Å²) in [6.45, 7) is 6.15. The number of benzene rings is 1. The van der Waals surface area contributed by atoms with Gasteiger partial charge in [0.25, 0.3) is 0 Å². The van der Waals surface area contributed by atoms with Gasteiger partial charge in [0.2, 0.25) is 5.91 Å². The molecular weight excluding hydrogens is 424 g/mol. The monoisotopic (exact) mass is 446 g/mol. The second-order valence-corrected chi connectivity index (χ2v) is 8.81. The predicted octanol–water partition coefficient (Wildman–Crippen LogP) is 3.71. The third kappa shape index (κ3) is 4.60. The van der Waals surface area contributed by atoms with Crippen LogP contribution in [0.3, 0.4) is 0 Å². The van der Waals surface area contributed by atoms with Crippen LogP contribution in [0.4, 0.5) is 9.93 Å². The lowest BCUT2D eigenvalue weighted by Gasteiger charge is -2.30. The number of aryl methyl sites for hydroxylation is 2. The van der Waals surface area contributed by atoms with Crippen LogP contribution in [0.15, 0.2) is 36.4 Å². The van der Waals surface area contributed by atoms with Crippen molar-refractivity contribution >= 4 is 28.4 Å². The molecule has 3 heterocycles. The van der Waals surface area contributed by atoms with Gasteiger partial charge in [-0.1, -0.05) is 23.5 Å². The molecule has 2 aromatic heterocycles. The molecule has 3 aromatic rings. The number of hydrogen-bond acceptors (Lipinski definition) is 6. The minimum Gasteiger partial charge on any atom is -0.350 e. The molecule has 0 spiro atoms. The number of hydrogen-bond donors (Lipinski definition) is 2. The van der Waals surface area contributed by atoms with Crippen molar-refractivity contribution < 1.29 is 9.59 Å². The van der Waals surface area contributed by atoms with E-state index in [4.69, 9.17) is 4.98 Å². The summed E-state index contributed by atoms with van der Waals surface area (Å²) in [5, 5.41) is 15.4. The Balaban J connectivity index is 1.73. The van der Waals surface area contributed by atoms with E-state index in [1.54, 1.807) is 12.1 Å². The molecule has 1 fully saturated rings. The number of thiazole rings is 1. The fourth-order valence-electron chi connectivity index (χ4n) is 3.73. The Kier molecular flexibility index (Phi) is 5.88. The van der Waals surface area contributed by atoms with Gasteiger partial charge in [-0.05, 0) is 50.6 Å². The zero-order chi connectivity index (χ0) is 22.8. The molecule has 0 bridgehead atoms. The summed E-state index contributed by atoms with van der Waals surface area (Å²) in [5.74, 6) is -0.185. The van der Waals surface area contributed by atoms with Crippen LogP contribution < -0.4 is 10.6 Å². The number of pyridine rings is 1. The largest absolute Gasteiger partial charge is 0.350 e. The number of aromatic nitrogens is 2. The molecule has 1 aromatic carbocycles. The second-order valence-electron chi connectivity index (χ2n) is 7.81. The number of nitriles is 1. The van der Waals surface area contributed by atoms with Crippen molar-refractivity contribution in [3.63, 3.8) is 0 Å². The molecule has 0 aliphatic carbocycles. The SMILES string of the molecule is Cc1cc(-c2sc(NC(=O)N3CC(=O)NC(C)C3)nc2-c2cccc(C#N)c2)cc(C)n1. The molecule has 8 nitrogen and oxygen atoms in total. The van der Waals surface area contributed by atoms with Gasteiger partial charge < -0.3 is 10.2 Å². The molecule has 9 heteroatoms. The summed E-state index contributed by atoms with van der Waals surface area (Å²) in [6, 6.07) is 12.8. The van der Waals surface area contributed by atoms with E-state index in [1.165, 1.54) is 16.2 Å². The summed E-state index contributed by atoms with van der Waals surface area (Å²) in [7, 11) is 0. The van der Waals surface area contributed by atoms with E-state index >= 15 is 0 Å². The third-order valence-electron chi connectivity index (χ3n) is 4.97. The number of nitrogens with one attached hydrogen (secondary N) is 2. The first-order valence-electron chi connectivity index (χ1n) is 10.1. The molecule has 162 valence electrons. The normalized spacial score (nSPS) is 15.8. The summed E-state index contributed by atoms with van der Waals surface area (Å²) in [5.41, 5.74) is 4.69. The van der Waals surface area contributed by atoms with E-state index in [-0.39, 0.29) is 24.5 Å². The number of carbonyl (C=O) groups is 2. The first-order valence-corrected chi connectivity index (χ1v) is 11.0. The molecule has 32 heavy (non-hydrogen) atoms. The Morgan fingerprint density at radius 2 is 1.97 bits per heavy atom. The summed E-state index contributed by atoms with van der Waals surface area (Å²) in [6.07, 6.45) is 0. The van der Waals surface area contributed by atoms with Crippen LogP contribution in [0.1, 0.15) is 23.9 Å². The van der Waals surface area contributed by atoms with Crippen LogP contribution in [-0.2, 0) is 4.79 Å². The molecule has 0 saturated carbocycles. The molecule has 1 aliphatic rings. The number of urea groups is 1. The summed E-state index contributed by atoms with van der Waals surface area (Å²) < 4.78 is 0. The first-order chi connectivity index (χ1) is 15.3. The minimum absolute atomic E-state index is 0.00816. The highest BCUT2D eigenvalue weighted by molar-refractivity contribution is 7.19. The van der Waals surface area contributed by atoms with Crippen molar-refractivity contribution in [2.24, 2.45) is 0 Å². The molecule has 1 atom stereocenters. The highest BCUT2D eigenvalue weighted by Gasteiger charge is 2.26. The van der Waals surface area contributed by atoms with Crippen molar-refractivity contribution in [1.82, 2.24) is 20.2 Å². The van der Waals surface area contributed by atoms with Crippen molar-refractivity contribution in [1.29, 1.82) is 5.26 Å². The Hall–Kier alpha value is -3.77. The molecule has 4 rings (SSSR count). The average molecular weight is 447 g/mol. The van der Waals surface area contributed by atoms with Crippen LogP contribution in [0.2, 0.25) is 0 Å². The van der Waals surface area contributed by atoms with Gasteiger partial charge >= 0.3 is 6.03 Å². The number of carbonyl (C=O) groups excluding carboxylic acids is 2. The number of rotatable bonds is 3. The van der Waals surface area contributed by atoms with Crippen LogP contribution in [0.25, 0.3) is 21.7 Å². The predicted molar refractivity (Wildman–Crippen MR) is 123 cm³/mol. The minimum atomic E-state index is -0.369. The maximum atomic E-state index is 12.8. The Labute approximate surface area is 189 Å². The Morgan fingerprint density at radius 1 is 1.22 bits per heavy atom. The zero-order valence-electron chi connectivity index (χ0n) is 18.0. The van der Waals surface area contributed by atoms with Gasteiger partial charge in [-0.15, -0.1) is 0 Å². The van der Waals surface area contributed by atoms with E-state index in [0.29, 0.717) is 22.9 Å². The topological polar surface area (TPSA) is 111 Å². The van der Waals surface area contributed by atoms with Crippen molar-refractivity contribution in [2.45, 2.75) is 26.8 Å². The van der Waals surface area contributed by atoms with Crippen LogP contribution in [0, 0.1) is 25.2 Å². The van der Waals surface area contributed by atoms with E-state index < -0.39 is 0 Å². The van der Waals surface area contributed by atoms with Gasteiger partial charge in [0.05, 0.1) is 22.2 Å². The van der Waals surface area contributed by atoms with Crippen molar-refractivity contribution in [2.75, 3.05) is 18.4 Å². The van der Waals surface area contributed by atoms with E-state index in [9.17, 15) is 14.9 Å². The molecule has 1 aliphatic heterocycles. The van der Waals surface area contributed by atoms with Gasteiger partial charge in [0, 0.05) is 29.5 Å². The van der Waals surface area contributed by atoms with Gasteiger partial charge in [-0.3, -0.25) is 15.1 Å². The molecule has 1 unspecified atom stereocenters. The first kappa shape index (κ1) is 21.5. The number of amides is 3. The zero-order valence-corrected chi connectivity index (χ0v) is 18.8. The van der Waals surface area contributed by atoms with Gasteiger partial charge in [0.15, 0.2) is 5.13 Å². The van der Waals surface area contributed by atoms with Crippen molar-refractivity contribution in [3.8, 4) is 27.8 Å². The van der Waals surface area contributed by atoms with Crippen LogP contribution in [0.5, 0.6) is 0 Å². The molecule has 1 saturated heterocycles. The number of nitrogens with zero attached hydrogens (tertiary/aromatic N) is 4. The molecular formula is C23H22N6O2S. The lowest BCUT2D eigenvalue weighted by atomic mass is 10.0. The maximum absolute atomic E-state index is 12.8. The fraction of sp³-hybridized carbons (Fsp3) is 0.261.